The van der Waals surface area contributed by atoms with Crippen LogP contribution in [0.1, 0.15) is 18.4 Å². The number of hydrogen-bond donors (Lipinski definition) is 1. The molecule has 1 saturated heterocycles. The fourth-order valence-electron chi connectivity index (χ4n) is 2.92. The second-order valence-electron chi connectivity index (χ2n) is 6.17. The molecule has 0 aliphatic carbocycles. The lowest BCUT2D eigenvalue weighted by molar-refractivity contribution is -0.123. The molecule has 1 aliphatic heterocycles. The summed E-state index contributed by atoms with van der Waals surface area (Å²) in [5.74, 6) is -0.729. The Balaban J connectivity index is 1.63. The molecule has 0 aromatic heterocycles. The average molecular weight is 388 g/mol. The standard InChI is InChI=1S/C19H20N2O5S/c22-18(20-27(24,25)16-10-5-2-6-11-16)17-12-7-13-21(17)19(23)26-14-15-8-3-1-4-9-15/h1-6,8-11,17H,7,12-14H2,(H,20,22)/t17-/m0/s1. The van der Waals surface area contributed by atoms with Crippen LogP contribution in [0.25, 0.3) is 0 Å². The molecule has 142 valence electrons. The van der Waals surface area contributed by atoms with Gasteiger partial charge >= 0.3 is 6.09 Å². The first-order valence-corrected chi connectivity index (χ1v) is 10.0. The van der Waals surface area contributed by atoms with E-state index < -0.39 is 28.1 Å². The Morgan fingerprint density at radius 1 is 1.04 bits per heavy atom. The lowest BCUT2D eigenvalue weighted by Crippen LogP contribution is -2.47. The zero-order valence-electron chi connectivity index (χ0n) is 14.6. The first kappa shape index (κ1) is 18.9. The smallest absolute Gasteiger partial charge is 0.410 e. The lowest BCUT2D eigenvalue weighted by Gasteiger charge is -2.23. The molecule has 27 heavy (non-hydrogen) atoms. The Morgan fingerprint density at radius 2 is 1.67 bits per heavy atom. The van der Waals surface area contributed by atoms with Gasteiger partial charge in [-0.25, -0.2) is 17.9 Å². The number of benzene rings is 2. The Hall–Kier alpha value is -2.87. The third-order valence-corrected chi connectivity index (χ3v) is 5.65. The van der Waals surface area contributed by atoms with E-state index in [-0.39, 0.29) is 11.5 Å². The van der Waals surface area contributed by atoms with Crippen molar-refractivity contribution in [3.8, 4) is 0 Å². The van der Waals surface area contributed by atoms with Gasteiger partial charge in [0.15, 0.2) is 0 Å². The van der Waals surface area contributed by atoms with Gasteiger partial charge in [-0.3, -0.25) is 9.69 Å². The normalized spacial score (nSPS) is 16.7. The summed E-state index contributed by atoms with van der Waals surface area (Å²) in [6, 6.07) is 15.9. The summed E-state index contributed by atoms with van der Waals surface area (Å²) >= 11 is 0. The van der Waals surface area contributed by atoms with Crippen LogP contribution in [0.2, 0.25) is 0 Å². The van der Waals surface area contributed by atoms with E-state index in [2.05, 4.69) is 4.72 Å². The van der Waals surface area contributed by atoms with Crippen molar-refractivity contribution in [1.82, 2.24) is 9.62 Å². The van der Waals surface area contributed by atoms with Gasteiger partial charge in [-0.2, -0.15) is 0 Å². The molecule has 0 saturated carbocycles. The summed E-state index contributed by atoms with van der Waals surface area (Å²) in [5.41, 5.74) is 0.831. The minimum Gasteiger partial charge on any atom is -0.445 e. The summed E-state index contributed by atoms with van der Waals surface area (Å²) < 4.78 is 32.0. The number of amides is 2. The summed E-state index contributed by atoms with van der Waals surface area (Å²) in [6.07, 6.45) is 0.356. The molecule has 1 heterocycles. The SMILES string of the molecule is O=C(NS(=O)(=O)c1ccccc1)[C@@H]1CCCN1C(=O)OCc1ccccc1. The predicted molar refractivity (Wildman–Crippen MR) is 98.1 cm³/mol. The number of nitrogens with one attached hydrogen (secondary N) is 1. The van der Waals surface area contributed by atoms with Crippen molar-refractivity contribution in [2.75, 3.05) is 6.54 Å². The van der Waals surface area contributed by atoms with Crippen LogP contribution in [0, 0.1) is 0 Å². The van der Waals surface area contributed by atoms with E-state index in [1.54, 1.807) is 18.2 Å². The molecular weight excluding hydrogens is 368 g/mol. The van der Waals surface area contributed by atoms with Gasteiger partial charge in [-0.05, 0) is 30.5 Å². The number of hydrogen-bond acceptors (Lipinski definition) is 5. The van der Waals surface area contributed by atoms with Gasteiger partial charge < -0.3 is 4.74 Å². The Labute approximate surface area is 158 Å². The van der Waals surface area contributed by atoms with Crippen LogP contribution in [-0.2, 0) is 26.2 Å². The quantitative estimate of drug-likeness (QED) is 0.848. The number of rotatable bonds is 5. The van der Waals surface area contributed by atoms with Crippen LogP contribution in [0.15, 0.2) is 65.6 Å². The summed E-state index contributed by atoms with van der Waals surface area (Å²) in [4.78, 5) is 26.1. The highest BCUT2D eigenvalue weighted by atomic mass is 32.2. The van der Waals surface area contributed by atoms with E-state index in [0.717, 1.165) is 5.56 Å². The van der Waals surface area contributed by atoms with E-state index in [1.165, 1.54) is 17.0 Å². The fraction of sp³-hybridized carbons (Fsp3) is 0.263. The van der Waals surface area contributed by atoms with Crippen LogP contribution >= 0.6 is 0 Å². The van der Waals surface area contributed by atoms with Gasteiger partial charge in [0.2, 0.25) is 0 Å². The third kappa shape index (κ3) is 4.65. The molecule has 1 fully saturated rings. The molecule has 2 aromatic carbocycles. The van der Waals surface area contributed by atoms with Crippen molar-refractivity contribution in [2.45, 2.75) is 30.4 Å². The molecule has 1 aliphatic rings. The van der Waals surface area contributed by atoms with E-state index in [9.17, 15) is 18.0 Å². The number of sulfonamides is 1. The maximum absolute atomic E-state index is 12.5. The molecule has 1 N–H and O–H groups in total. The molecule has 0 unspecified atom stereocenters. The monoisotopic (exact) mass is 388 g/mol. The molecule has 7 nitrogen and oxygen atoms in total. The highest BCUT2D eigenvalue weighted by molar-refractivity contribution is 7.90. The fourth-order valence-corrected chi connectivity index (χ4v) is 3.95. The maximum atomic E-state index is 12.5. The molecule has 0 radical (unpaired) electrons. The highest BCUT2D eigenvalue weighted by Gasteiger charge is 2.36. The number of nitrogens with zero attached hydrogens (tertiary/aromatic N) is 1. The zero-order chi connectivity index (χ0) is 19.3. The summed E-state index contributed by atoms with van der Waals surface area (Å²) in [5, 5.41) is 0. The number of ether oxygens (including phenoxy) is 1. The first-order chi connectivity index (χ1) is 13.0. The van der Waals surface area contributed by atoms with Crippen molar-refractivity contribution in [1.29, 1.82) is 0 Å². The zero-order valence-corrected chi connectivity index (χ0v) is 15.4. The molecule has 0 spiro atoms. The van der Waals surface area contributed by atoms with Gasteiger partial charge in [-0.1, -0.05) is 48.5 Å². The minimum atomic E-state index is -3.98. The average Bonchev–Trinajstić information content (AvgIpc) is 3.17. The van der Waals surface area contributed by atoms with E-state index >= 15 is 0 Å². The van der Waals surface area contributed by atoms with Crippen molar-refractivity contribution in [2.24, 2.45) is 0 Å². The molecule has 2 amide bonds. The van der Waals surface area contributed by atoms with E-state index in [4.69, 9.17) is 4.74 Å². The summed E-state index contributed by atoms with van der Waals surface area (Å²) in [6.45, 7) is 0.434. The largest absolute Gasteiger partial charge is 0.445 e. The van der Waals surface area contributed by atoms with Crippen molar-refractivity contribution >= 4 is 22.0 Å². The van der Waals surface area contributed by atoms with Crippen LogP contribution in [0.5, 0.6) is 0 Å². The molecular formula is C19H20N2O5S. The summed E-state index contributed by atoms with van der Waals surface area (Å²) in [7, 11) is -3.98. The van der Waals surface area contributed by atoms with Crippen LogP contribution in [0.3, 0.4) is 0 Å². The van der Waals surface area contributed by atoms with Crippen LogP contribution < -0.4 is 4.72 Å². The second-order valence-corrected chi connectivity index (χ2v) is 7.86. The van der Waals surface area contributed by atoms with Crippen LogP contribution in [0.4, 0.5) is 4.79 Å². The first-order valence-electron chi connectivity index (χ1n) is 8.56. The Morgan fingerprint density at radius 3 is 2.33 bits per heavy atom. The molecule has 2 aromatic rings. The second kappa shape index (κ2) is 8.22. The lowest BCUT2D eigenvalue weighted by atomic mass is 10.2. The molecule has 3 rings (SSSR count). The Bertz CT molecular complexity index is 900. The third-order valence-electron chi connectivity index (χ3n) is 4.28. The van der Waals surface area contributed by atoms with E-state index in [1.807, 2.05) is 30.3 Å². The van der Waals surface area contributed by atoms with Crippen LogP contribution in [-0.4, -0.2) is 37.9 Å². The molecule has 1 atom stereocenters. The number of carbonyl (C=O) groups excluding carboxylic acids is 2. The van der Waals surface area contributed by atoms with E-state index in [0.29, 0.717) is 19.4 Å². The predicted octanol–water partition coefficient (Wildman–Crippen LogP) is 2.29. The van der Waals surface area contributed by atoms with Gasteiger partial charge in [-0.15, -0.1) is 0 Å². The topological polar surface area (TPSA) is 92.8 Å². The molecule has 8 heteroatoms. The van der Waals surface area contributed by atoms with Gasteiger partial charge in [0.25, 0.3) is 15.9 Å². The van der Waals surface area contributed by atoms with Crippen molar-refractivity contribution in [3.63, 3.8) is 0 Å². The highest BCUT2D eigenvalue weighted by Crippen LogP contribution is 2.20. The Kier molecular flexibility index (Phi) is 5.75. The maximum Gasteiger partial charge on any atom is 0.410 e. The number of likely N-dealkylation sites (tertiary alicyclic amines) is 1. The number of carbonyl (C=O) groups is 2. The minimum absolute atomic E-state index is 0.00505. The molecule has 0 bridgehead atoms. The van der Waals surface area contributed by atoms with Gasteiger partial charge in [0, 0.05) is 6.54 Å². The van der Waals surface area contributed by atoms with Gasteiger partial charge in [0.1, 0.15) is 12.6 Å². The van der Waals surface area contributed by atoms with Crippen molar-refractivity contribution in [3.05, 3.63) is 66.2 Å². The van der Waals surface area contributed by atoms with Gasteiger partial charge in [0.05, 0.1) is 4.90 Å². The van der Waals surface area contributed by atoms with Crippen molar-refractivity contribution < 1.29 is 22.7 Å².